The molecule has 0 saturated heterocycles. The normalized spacial score (nSPS) is 18.6. The van der Waals surface area contributed by atoms with E-state index in [9.17, 15) is 0 Å². The standard InChI is InChI=1S/C19H22N2/c20-13-19(17-9-7-15(8-10-17)14-5-6-14)21-12-11-16-3-1-2-4-18(16)21/h1-4,7-10,14,19H,5-6,11-13,20H2. The molecule has 0 amide bonds. The summed E-state index contributed by atoms with van der Waals surface area (Å²) in [6.45, 7) is 1.74. The summed E-state index contributed by atoms with van der Waals surface area (Å²) >= 11 is 0. The summed E-state index contributed by atoms with van der Waals surface area (Å²) in [4.78, 5) is 2.47. The minimum Gasteiger partial charge on any atom is -0.363 e. The summed E-state index contributed by atoms with van der Waals surface area (Å²) < 4.78 is 0. The summed E-state index contributed by atoms with van der Waals surface area (Å²) in [5, 5.41) is 0. The van der Waals surface area contributed by atoms with Crippen LogP contribution in [0.15, 0.2) is 48.5 Å². The van der Waals surface area contributed by atoms with Crippen molar-refractivity contribution in [3.05, 3.63) is 65.2 Å². The highest BCUT2D eigenvalue weighted by Crippen LogP contribution is 2.41. The zero-order valence-electron chi connectivity index (χ0n) is 12.3. The second kappa shape index (κ2) is 5.19. The summed E-state index contributed by atoms with van der Waals surface area (Å²) in [7, 11) is 0. The highest BCUT2D eigenvalue weighted by molar-refractivity contribution is 5.59. The first-order valence-corrected chi connectivity index (χ1v) is 8.01. The summed E-state index contributed by atoms with van der Waals surface area (Å²) in [6, 6.07) is 18.2. The van der Waals surface area contributed by atoms with Crippen LogP contribution in [0, 0.1) is 0 Å². The highest BCUT2D eigenvalue weighted by Gasteiger charge is 2.27. The number of anilines is 1. The Morgan fingerprint density at radius 2 is 1.81 bits per heavy atom. The Hall–Kier alpha value is -1.80. The molecule has 0 bridgehead atoms. The van der Waals surface area contributed by atoms with Crippen LogP contribution in [-0.4, -0.2) is 13.1 Å². The largest absolute Gasteiger partial charge is 0.363 e. The SMILES string of the molecule is NCC(c1ccc(C2CC2)cc1)N1CCc2ccccc21. The Bertz CT molecular complexity index is 628. The van der Waals surface area contributed by atoms with Crippen LogP contribution in [0.2, 0.25) is 0 Å². The summed E-state index contributed by atoms with van der Waals surface area (Å²) in [5.74, 6) is 0.822. The molecule has 2 aromatic rings. The molecule has 1 aliphatic carbocycles. The smallest absolute Gasteiger partial charge is 0.0665 e. The molecule has 2 aliphatic rings. The van der Waals surface area contributed by atoms with E-state index in [1.165, 1.54) is 35.2 Å². The summed E-state index contributed by atoms with van der Waals surface area (Å²) in [6.07, 6.45) is 3.85. The molecule has 0 radical (unpaired) electrons. The van der Waals surface area contributed by atoms with Crippen LogP contribution in [-0.2, 0) is 6.42 Å². The van der Waals surface area contributed by atoms with Crippen LogP contribution < -0.4 is 10.6 Å². The third kappa shape index (κ3) is 2.34. The maximum atomic E-state index is 6.11. The van der Waals surface area contributed by atoms with Crippen molar-refractivity contribution in [3.63, 3.8) is 0 Å². The van der Waals surface area contributed by atoms with Gasteiger partial charge in [-0.3, -0.25) is 0 Å². The average Bonchev–Trinajstić information content (AvgIpc) is 3.30. The van der Waals surface area contributed by atoms with Crippen molar-refractivity contribution in [2.24, 2.45) is 5.73 Å². The van der Waals surface area contributed by atoms with Gasteiger partial charge in [0.1, 0.15) is 0 Å². The average molecular weight is 278 g/mol. The van der Waals surface area contributed by atoms with Crippen molar-refractivity contribution in [3.8, 4) is 0 Å². The Balaban J connectivity index is 1.62. The molecule has 1 fully saturated rings. The van der Waals surface area contributed by atoms with Gasteiger partial charge in [-0.15, -0.1) is 0 Å². The van der Waals surface area contributed by atoms with E-state index in [0.717, 1.165) is 18.9 Å². The molecular weight excluding hydrogens is 256 g/mol. The van der Waals surface area contributed by atoms with Crippen LogP contribution in [0.4, 0.5) is 5.69 Å². The van der Waals surface area contributed by atoms with E-state index in [-0.39, 0.29) is 0 Å². The molecule has 1 atom stereocenters. The first-order chi connectivity index (χ1) is 10.4. The van der Waals surface area contributed by atoms with Gasteiger partial charge in [0.15, 0.2) is 0 Å². The number of hydrogen-bond acceptors (Lipinski definition) is 2. The fraction of sp³-hybridized carbons (Fsp3) is 0.368. The van der Waals surface area contributed by atoms with Crippen LogP contribution >= 0.6 is 0 Å². The van der Waals surface area contributed by atoms with Crippen molar-refractivity contribution in [1.29, 1.82) is 0 Å². The number of para-hydroxylation sites is 1. The van der Waals surface area contributed by atoms with E-state index in [2.05, 4.69) is 53.4 Å². The molecule has 1 heterocycles. The second-order valence-corrected chi connectivity index (χ2v) is 6.26. The van der Waals surface area contributed by atoms with Gasteiger partial charge in [-0.1, -0.05) is 42.5 Å². The molecule has 21 heavy (non-hydrogen) atoms. The number of benzene rings is 2. The third-order valence-electron chi connectivity index (χ3n) is 4.89. The minimum absolute atomic E-state index is 0.293. The van der Waals surface area contributed by atoms with E-state index in [0.29, 0.717) is 12.6 Å². The molecule has 2 heteroatoms. The zero-order chi connectivity index (χ0) is 14.2. The minimum atomic E-state index is 0.293. The Morgan fingerprint density at radius 3 is 2.52 bits per heavy atom. The zero-order valence-corrected chi connectivity index (χ0v) is 12.3. The monoisotopic (exact) mass is 278 g/mol. The van der Waals surface area contributed by atoms with Gasteiger partial charge in [-0.05, 0) is 47.9 Å². The molecule has 108 valence electrons. The van der Waals surface area contributed by atoms with E-state index >= 15 is 0 Å². The predicted octanol–water partition coefficient (Wildman–Crippen LogP) is 3.63. The lowest BCUT2D eigenvalue weighted by atomic mass is 10.0. The molecule has 1 unspecified atom stereocenters. The lowest BCUT2D eigenvalue weighted by Crippen LogP contribution is -2.32. The van der Waals surface area contributed by atoms with Gasteiger partial charge in [0, 0.05) is 18.8 Å². The number of fused-ring (bicyclic) bond motifs is 1. The number of hydrogen-bond donors (Lipinski definition) is 1. The van der Waals surface area contributed by atoms with Crippen LogP contribution in [0.25, 0.3) is 0 Å². The van der Waals surface area contributed by atoms with E-state index in [1.807, 2.05) is 0 Å². The highest BCUT2D eigenvalue weighted by atomic mass is 15.2. The van der Waals surface area contributed by atoms with E-state index in [1.54, 1.807) is 0 Å². The number of nitrogens with two attached hydrogens (primary N) is 1. The molecule has 0 aromatic heterocycles. The van der Waals surface area contributed by atoms with Gasteiger partial charge in [0.25, 0.3) is 0 Å². The lowest BCUT2D eigenvalue weighted by Gasteiger charge is -2.30. The van der Waals surface area contributed by atoms with Gasteiger partial charge in [0.05, 0.1) is 6.04 Å². The molecular formula is C19H22N2. The molecule has 0 spiro atoms. The summed E-state index contributed by atoms with van der Waals surface area (Å²) in [5.41, 5.74) is 11.8. The number of rotatable bonds is 4. The molecule has 1 aliphatic heterocycles. The predicted molar refractivity (Wildman–Crippen MR) is 87.7 cm³/mol. The maximum absolute atomic E-state index is 6.11. The van der Waals surface area contributed by atoms with Gasteiger partial charge in [-0.25, -0.2) is 0 Å². The first kappa shape index (κ1) is 12.9. The maximum Gasteiger partial charge on any atom is 0.0665 e. The molecule has 2 nitrogen and oxygen atoms in total. The molecule has 1 saturated carbocycles. The van der Waals surface area contributed by atoms with Gasteiger partial charge >= 0.3 is 0 Å². The van der Waals surface area contributed by atoms with Crippen molar-refractivity contribution >= 4 is 5.69 Å². The van der Waals surface area contributed by atoms with Gasteiger partial charge in [-0.2, -0.15) is 0 Å². The quantitative estimate of drug-likeness (QED) is 0.925. The van der Waals surface area contributed by atoms with Crippen molar-refractivity contribution in [2.75, 3.05) is 18.0 Å². The van der Waals surface area contributed by atoms with E-state index < -0.39 is 0 Å². The topological polar surface area (TPSA) is 29.3 Å². The Kier molecular flexibility index (Phi) is 3.19. The first-order valence-electron chi connectivity index (χ1n) is 8.01. The van der Waals surface area contributed by atoms with Crippen LogP contribution in [0.3, 0.4) is 0 Å². The molecule has 4 rings (SSSR count). The van der Waals surface area contributed by atoms with Crippen LogP contribution in [0.1, 0.15) is 41.5 Å². The number of nitrogens with zero attached hydrogens (tertiary/aromatic N) is 1. The third-order valence-corrected chi connectivity index (χ3v) is 4.89. The van der Waals surface area contributed by atoms with Gasteiger partial charge in [0.2, 0.25) is 0 Å². The second-order valence-electron chi connectivity index (χ2n) is 6.26. The fourth-order valence-electron chi connectivity index (χ4n) is 3.54. The van der Waals surface area contributed by atoms with Crippen molar-refractivity contribution in [1.82, 2.24) is 0 Å². The van der Waals surface area contributed by atoms with E-state index in [4.69, 9.17) is 5.73 Å². The van der Waals surface area contributed by atoms with Crippen molar-refractivity contribution < 1.29 is 0 Å². The van der Waals surface area contributed by atoms with Crippen molar-refractivity contribution in [2.45, 2.75) is 31.2 Å². The Morgan fingerprint density at radius 1 is 1.05 bits per heavy atom. The molecule has 2 N–H and O–H groups in total. The van der Waals surface area contributed by atoms with Crippen LogP contribution in [0.5, 0.6) is 0 Å². The lowest BCUT2D eigenvalue weighted by molar-refractivity contribution is 0.649. The molecule has 2 aromatic carbocycles. The Labute approximate surface area is 126 Å². The van der Waals surface area contributed by atoms with Gasteiger partial charge < -0.3 is 10.6 Å². The fourth-order valence-corrected chi connectivity index (χ4v) is 3.54.